The summed E-state index contributed by atoms with van der Waals surface area (Å²) in [5, 5.41) is 5.31. The van der Waals surface area contributed by atoms with Gasteiger partial charge in [0.2, 0.25) is 0 Å². The SMILES string of the molecule is COC(=O)CCCCCCC[n+]1ccc2c(C)c3[nH]c4ccccc4c3c(C)c2c1. The summed E-state index contributed by atoms with van der Waals surface area (Å²) in [5.74, 6) is -0.100. The lowest BCUT2D eigenvalue weighted by Gasteiger charge is -2.08. The Morgan fingerprint density at radius 2 is 1.70 bits per heavy atom. The summed E-state index contributed by atoms with van der Waals surface area (Å²) in [4.78, 5) is 14.8. The fourth-order valence-corrected chi connectivity index (χ4v) is 4.58. The minimum atomic E-state index is -0.100. The molecule has 0 unspecified atom stereocenters. The molecule has 2 aromatic heterocycles. The third kappa shape index (κ3) is 3.91. The molecule has 0 spiro atoms. The number of benzene rings is 2. The number of nitrogens with zero attached hydrogens (tertiary/aromatic N) is 1. The van der Waals surface area contributed by atoms with Gasteiger partial charge in [-0.15, -0.1) is 0 Å². The van der Waals surface area contributed by atoms with E-state index in [1.165, 1.54) is 63.7 Å². The van der Waals surface area contributed by atoms with Crippen molar-refractivity contribution in [1.82, 2.24) is 4.98 Å². The van der Waals surface area contributed by atoms with E-state index >= 15 is 0 Å². The smallest absolute Gasteiger partial charge is 0.305 e. The molecule has 1 N–H and O–H groups in total. The minimum Gasteiger partial charge on any atom is -0.469 e. The lowest BCUT2D eigenvalue weighted by Crippen LogP contribution is -2.32. The molecule has 0 amide bonds. The summed E-state index contributed by atoms with van der Waals surface area (Å²) in [5.41, 5.74) is 5.12. The number of esters is 1. The van der Waals surface area contributed by atoms with Crippen LogP contribution < -0.4 is 4.57 Å². The molecule has 0 atom stereocenters. The van der Waals surface area contributed by atoms with Gasteiger partial charge in [0.05, 0.1) is 12.6 Å². The van der Waals surface area contributed by atoms with Gasteiger partial charge in [0, 0.05) is 40.6 Å². The molecule has 0 aliphatic heterocycles. The number of carbonyl (C=O) groups is 1. The normalized spacial score (nSPS) is 11.6. The van der Waals surface area contributed by atoms with Crippen molar-refractivity contribution in [2.45, 2.75) is 58.9 Å². The van der Waals surface area contributed by atoms with Crippen LogP contribution in [0.4, 0.5) is 0 Å². The van der Waals surface area contributed by atoms with Gasteiger partial charge < -0.3 is 9.72 Å². The number of aryl methyl sites for hydroxylation is 3. The molecule has 4 aromatic rings. The highest BCUT2D eigenvalue weighted by Gasteiger charge is 2.16. The van der Waals surface area contributed by atoms with E-state index in [1.807, 2.05) is 0 Å². The van der Waals surface area contributed by atoms with E-state index in [2.05, 4.69) is 70.9 Å². The Hall–Kier alpha value is -2.88. The van der Waals surface area contributed by atoms with Gasteiger partial charge in [-0.1, -0.05) is 31.0 Å². The Morgan fingerprint density at radius 3 is 2.53 bits per heavy atom. The van der Waals surface area contributed by atoms with Crippen molar-refractivity contribution in [1.29, 1.82) is 0 Å². The number of aromatic nitrogens is 2. The van der Waals surface area contributed by atoms with E-state index in [0.717, 1.165) is 25.8 Å². The molecule has 156 valence electrons. The summed E-state index contributed by atoms with van der Waals surface area (Å²) in [6.45, 7) is 5.49. The number of carbonyl (C=O) groups excluding carboxylic acids is 1. The van der Waals surface area contributed by atoms with Crippen molar-refractivity contribution in [3.8, 4) is 0 Å². The number of aromatic amines is 1. The molecule has 0 saturated carbocycles. The van der Waals surface area contributed by atoms with Crippen LogP contribution in [0, 0.1) is 13.8 Å². The van der Waals surface area contributed by atoms with Crippen LogP contribution in [0.3, 0.4) is 0 Å². The van der Waals surface area contributed by atoms with Gasteiger partial charge in [-0.05, 0) is 49.3 Å². The predicted molar refractivity (Wildman–Crippen MR) is 123 cm³/mol. The van der Waals surface area contributed by atoms with E-state index in [0.29, 0.717) is 6.42 Å². The first-order valence-electron chi connectivity index (χ1n) is 11.0. The van der Waals surface area contributed by atoms with Crippen molar-refractivity contribution >= 4 is 38.5 Å². The molecule has 2 aromatic carbocycles. The van der Waals surface area contributed by atoms with Crippen LogP contribution in [0.5, 0.6) is 0 Å². The van der Waals surface area contributed by atoms with Crippen LogP contribution in [-0.2, 0) is 16.1 Å². The monoisotopic (exact) mass is 403 g/mol. The quantitative estimate of drug-likeness (QED) is 0.226. The number of hydrogen-bond acceptors (Lipinski definition) is 2. The molecular weight excluding hydrogens is 372 g/mol. The topological polar surface area (TPSA) is 46.0 Å². The summed E-state index contributed by atoms with van der Waals surface area (Å²) >= 11 is 0. The Morgan fingerprint density at radius 1 is 0.933 bits per heavy atom. The number of para-hydroxylation sites is 1. The van der Waals surface area contributed by atoms with Crippen molar-refractivity contribution < 1.29 is 14.1 Å². The third-order valence-electron chi connectivity index (χ3n) is 6.31. The van der Waals surface area contributed by atoms with Crippen LogP contribution in [0.15, 0.2) is 42.7 Å². The molecule has 0 aliphatic rings. The van der Waals surface area contributed by atoms with Gasteiger partial charge >= 0.3 is 5.97 Å². The first-order valence-corrected chi connectivity index (χ1v) is 11.0. The molecule has 0 fully saturated rings. The molecule has 0 aliphatic carbocycles. The third-order valence-corrected chi connectivity index (χ3v) is 6.31. The number of pyridine rings is 1. The van der Waals surface area contributed by atoms with Gasteiger partial charge in [0.15, 0.2) is 12.4 Å². The van der Waals surface area contributed by atoms with E-state index in [-0.39, 0.29) is 5.97 Å². The maximum Gasteiger partial charge on any atom is 0.305 e. The zero-order chi connectivity index (χ0) is 21.1. The first kappa shape index (κ1) is 20.4. The predicted octanol–water partition coefficient (Wildman–Crippen LogP) is 5.89. The molecule has 4 heteroatoms. The van der Waals surface area contributed by atoms with Crippen molar-refractivity contribution in [3.63, 3.8) is 0 Å². The van der Waals surface area contributed by atoms with Crippen molar-refractivity contribution in [2.75, 3.05) is 7.11 Å². The van der Waals surface area contributed by atoms with Gasteiger partial charge in [-0.2, -0.15) is 0 Å². The van der Waals surface area contributed by atoms with E-state index < -0.39 is 0 Å². The molecule has 4 rings (SSSR count). The van der Waals surface area contributed by atoms with Crippen LogP contribution in [0.25, 0.3) is 32.6 Å². The van der Waals surface area contributed by atoms with E-state index in [4.69, 9.17) is 0 Å². The molecular formula is C26H31N2O2+. The molecule has 0 saturated heterocycles. The Balaban J connectivity index is 1.50. The van der Waals surface area contributed by atoms with Crippen molar-refractivity contribution in [2.24, 2.45) is 0 Å². The largest absolute Gasteiger partial charge is 0.469 e. The highest BCUT2D eigenvalue weighted by atomic mass is 16.5. The van der Waals surface area contributed by atoms with E-state index in [1.54, 1.807) is 0 Å². The number of methoxy groups -OCH3 is 1. The number of hydrogen-bond donors (Lipinski definition) is 1. The molecule has 0 bridgehead atoms. The second-order valence-corrected chi connectivity index (χ2v) is 8.27. The zero-order valence-corrected chi connectivity index (χ0v) is 18.3. The number of H-pyrrole nitrogens is 1. The lowest BCUT2D eigenvalue weighted by atomic mass is 9.97. The zero-order valence-electron chi connectivity index (χ0n) is 18.3. The second-order valence-electron chi connectivity index (χ2n) is 8.27. The summed E-state index contributed by atoms with van der Waals surface area (Å²) in [6.07, 6.45) is 10.6. The maximum absolute atomic E-state index is 11.2. The number of nitrogens with one attached hydrogen (secondary N) is 1. The maximum atomic E-state index is 11.2. The molecule has 4 nitrogen and oxygen atoms in total. The highest BCUT2D eigenvalue weighted by Crippen LogP contribution is 2.35. The number of unbranched alkanes of at least 4 members (excludes halogenated alkanes) is 4. The van der Waals surface area contributed by atoms with Gasteiger partial charge in [-0.25, -0.2) is 4.57 Å². The highest BCUT2D eigenvalue weighted by molar-refractivity contribution is 6.16. The number of rotatable bonds is 8. The van der Waals surface area contributed by atoms with Crippen LogP contribution in [0.2, 0.25) is 0 Å². The van der Waals surface area contributed by atoms with Gasteiger partial charge in [-0.3, -0.25) is 4.79 Å². The average molecular weight is 404 g/mol. The van der Waals surface area contributed by atoms with Gasteiger partial charge in [0.1, 0.15) is 6.54 Å². The standard InChI is InChI=1S/C26H30N2O2/c1-18-22-17-28(15-10-6-4-5-7-13-24(29)30-3)16-14-20(22)19(2)26-25(18)21-11-8-9-12-23(21)27-26/h8-9,11-12,14,16-17H,4-7,10,13,15H2,1-3H3/p+1. The molecule has 0 radical (unpaired) electrons. The molecule has 2 heterocycles. The minimum absolute atomic E-state index is 0.100. The summed E-state index contributed by atoms with van der Waals surface area (Å²) < 4.78 is 7.01. The van der Waals surface area contributed by atoms with Gasteiger partial charge in [0.25, 0.3) is 0 Å². The second kappa shape index (κ2) is 8.86. The van der Waals surface area contributed by atoms with Crippen molar-refractivity contribution in [3.05, 3.63) is 53.9 Å². The lowest BCUT2D eigenvalue weighted by molar-refractivity contribution is -0.696. The summed E-state index contributed by atoms with van der Waals surface area (Å²) in [6, 6.07) is 10.8. The Bertz CT molecular complexity index is 1210. The Kier molecular flexibility index (Phi) is 6.03. The summed E-state index contributed by atoms with van der Waals surface area (Å²) in [7, 11) is 1.45. The fourth-order valence-electron chi connectivity index (χ4n) is 4.58. The first-order chi connectivity index (χ1) is 14.6. The van der Waals surface area contributed by atoms with Crippen LogP contribution >= 0.6 is 0 Å². The average Bonchev–Trinajstić information content (AvgIpc) is 3.16. The number of fused-ring (bicyclic) bond motifs is 4. The Labute approximate surface area is 177 Å². The van der Waals surface area contributed by atoms with Crippen LogP contribution in [-0.4, -0.2) is 18.1 Å². The number of ether oxygens (including phenoxy) is 1. The molecule has 30 heavy (non-hydrogen) atoms. The fraction of sp³-hybridized carbons (Fsp3) is 0.385. The van der Waals surface area contributed by atoms with Crippen LogP contribution in [0.1, 0.15) is 49.7 Å². The van der Waals surface area contributed by atoms with E-state index in [9.17, 15) is 4.79 Å².